The molecular formula is C15H19F2NO2. The molecule has 1 aromatic carbocycles. The summed E-state index contributed by atoms with van der Waals surface area (Å²) in [6, 6.07) is 3.65. The van der Waals surface area contributed by atoms with Gasteiger partial charge in [-0.1, -0.05) is 18.2 Å². The van der Waals surface area contributed by atoms with E-state index in [2.05, 4.69) is 11.9 Å². The number of benzene rings is 1. The van der Waals surface area contributed by atoms with E-state index in [0.717, 1.165) is 17.7 Å². The number of ether oxygens (including phenoxy) is 1. The Morgan fingerprint density at radius 1 is 1.35 bits per heavy atom. The summed E-state index contributed by atoms with van der Waals surface area (Å²) in [7, 11) is 0. The molecule has 0 radical (unpaired) electrons. The van der Waals surface area contributed by atoms with Crippen LogP contribution < -0.4 is 5.32 Å². The quantitative estimate of drug-likeness (QED) is 0.588. The standard InChI is InChI=1S/C15H19F2NO2/c1-11(2)10-20-8-7-18-15(19)6-4-12-3-5-13(16)14(17)9-12/h3,5,9H,1,4,6-8,10H2,2H3,(H,18,19). The summed E-state index contributed by atoms with van der Waals surface area (Å²) in [6.45, 7) is 6.87. The zero-order chi connectivity index (χ0) is 15.0. The van der Waals surface area contributed by atoms with E-state index in [1.165, 1.54) is 6.07 Å². The largest absolute Gasteiger partial charge is 0.375 e. The molecule has 1 aromatic rings. The van der Waals surface area contributed by atoms with Crippen LogP contribution in [0.1, 0.15) is 18.9 Å². The van der Waals surface area contributed by atoms with Gasteiger partial charge in [0.25, 0.3) is 0 Å². The molecule has 1 amide bonds. The van der Waals surface area contributed by atoms with E-state index in [-0.39, 0.29) is 12.3 Å². The Hall–Kier alpha value is -1.75. The van der Waals surface area contributed by atoms with Crippen LogP contribution in [0.25, 0.3) is 0 Å². The SMILES string of the molecule is C=C(C)COCCNC(=O)CCc1ccc(F)c(F)c1. The van der Waals surface area contributed by atoms with Crippen LogP contribution in [0.4, 0.5) is 8.78 Å². The van der Waals surface area contributed by atoms with E-state index in [1.807, 2.05) is 6.92 Å². The van der Waals surface area contributed by atoms with Crippen LogP contribution in [0.5, 0.6) is 0 Å². The van der Waals surface area contributed by atoms with Gasteiger partial charge in [0, 0.05) is 13.0 Å². The Morgan fingerprint density at radius 2 is 2.10 bits per heavy atom. The highest BCUT2D eigenvalue weighted by molar-refractivity contribution is 5.76. The Balaban J connectivity index is 2.19. The minimum absolute atomic E-state index is 0.145. The van der Waals surface area contributed by atoms with E-state index in [4.69, 9.17) is 4.74 Å². The fourth-order valence-corrected chi connectivity index (χ4v) is 1.55. The van der Waals surface area contributed by atoms with Crippen molar-refractivity contribution in [1.29, 1.82) is 0 Å². The molecule has 0 saturated heterocycles. The summed E-state index contributed by atoms with van der Waals surface area (Å²) >= 11 is 0. The minimum atomic E-state index is -0.892. The second-order valence-corrected chi connectivity index (χ2v) is 4.61. The summed E-state index contributed by atoms with van der Waals surface area (Å²) < 4.78 is 30.9. The van der Waals surface area contributed by atoms with Crippen LogP contribution in [-0.2, 0) is 16.0 Å². The molecule has 110 valence electrons. The molecule has 0 aliphatic carbocycles. The molecular weight excluding hydrogens is 264 g/mol. The van der Waals surface area contributed by atoms with Crippen molar-refractivity contribution < 1.29 is 18.3 Å². The van der Waals surface area contributed by atoms with Gasteiger partial charge in [-0.2, -0.15) is 0 Å². The Morgan fingerprint density at radius 3 is 2.75 bits per heavy atom. The second-order valence-electron chi connectivity index (χ2n) is 4.61. The van der Waals surface area contributed by atoms with Gasteiger partial charge in [0.1, 0.15) is 0 Å². The van der Waals surface area contributed by atoms with Crippen molar-refractivity contribution in [3.63, 3.8) is 0 Å². The number of nitrogens with one attached hydrogen (secondary N) is 1. The molecule has 0 atom stereocenters. The monoisotopic (exact) mass is 283 g/mol. The molecule has 20 heavy (non-hydrogen) atoms. The number of amides is 1. The normalized spacial score (nSPS) is 10.3. The lowest BCUT2D eigenvalue weighted by atomic mass is 10.1. The fourth-order valence-electron chi connectivity index (χ4n) is 1.55. The van der Waals surface area contributed by atoms with Crippen molar-refractivity contribution in [2.24, 2.45) is 0 Å². The maximum Gasteiger partial charge on any atom is 0.220 e. The van der Waals surface area contributed by atoms with Gasteiger partial charge >= 0.3 is 0 Å². The van der Waals surface area contributed by atoms with Gasteiger partial charge in [0.15, 0.2) is 11.6 Å². The molecule has 0 bridgehead atoms. The Labute approximate surface area is 117 Å². The topological polar surface area (TPSA) is 38.3 Å². The van der Waals surface area contributed by atoms with Crippen molar-refractivity contribution in [1.82, 2.24) is 5.32 Å². The van der Waals surface area contributed by atoms with Gasteiger partial charge in [-0.25, -0.2) is 8.78 Å². The molecule has 0 aliphatic heterocycles. The van der Waals surface area contributed by atoms with Crippen LogP contribution in [0.3, 0.4) is 0 Å². The zero-order valence-corrected chi connectivity index (χ0v) is 11.5. The van der Waals surface area contributed by atoms with E-state index in [9.17, 15) is 13.6 Å². The van der Waals surface area contributed by atoms with Gasteiger partial charge in [-0.05, 0) is 31.0 Å². The van der Waals surface area contributed by atoms with Crippen LogP contribution >= 0.6 is 0 Å². The number of halogens is 2. The molecule has 0 saturated carbocycles. The Kier molecular flexibility index (Phi) is 6.87. The third-order valence-electron chi connectivity index (χ3n) is 2.54. The summed E-state index contributed by atoms with van der Waals surface area (Å²) in [4.78, 5) is 11.5. The number of rotatable bonds is 8. The van der Waals surface area contributed by atoms with E-state index in [1.54, 1.807) is 0 Å². The van der Waals surface area contributed by atoms with Crippen molar-refractivity contribution in [3.05, 3.63) is 47.5 Å². The van der Waals surface area contributed by atoms with E-state index < -0.39 is 11.6 Å². The number of aryl methyl sites for hydroxylation is 1. The third-order valence-corrected chi connectivity index (χ3v) is 2.54. The molecule has 5 heteroatoms. The first kappa shape index (κ1) is 16.3. The van der Waals surface area contributed by atoms with Crippen LogP contribution in [0, 0.1) is 11.6 Å². The predicted molar refractivity (Wildman–Crippen MR) is 73.3 cm³/mol. The van der Waals surface area contributed by atoms with Crippen LogP contribution in [-0.4, -0.2) is 25.7 Å². The molecule has 0 aliphatic rings. The average molecular weight is 283 g/mol. The lowest BCUT2D eigenvalue weighted by molar-refractivity contribution is -0.121. The molecule has 3 nitrogen and oxygen atoms in total. The molecule has 0 heterocycles. The van der Waals surface area contributed by atoms with E-state index >= 15 is 0 Å². The molecule has 1 rings (SSSR count). The third kappa shape index (κ3) is 6.43. The minimum Gasteiger partial charge on any atom is -0.375 e. The molecule has 0 aromatic heterocycles. The first-order valence-electron chi connectivity index (χ1n) is 6.42. The van der Waals surface area contributed by atoms with Crippen molar-refractivity contribution in [3.8, 4) is 0 Å². The van der Waals surface area contributed by atoms with Crippen molar-refractivity contribution in [2.75, 3.05) is 19.8 Å². The lowest BCUT2D eigenvalue weighted by Gasteiger charge is -2.06. The number of hydrogen-bond donors (Lipinski definition) is 1. The smallest absolute Gasteiger partial charge is 0.220 e. The molecule has 1 N–H and O–H groups in total. The number of carbonyl (C=O) groups excluding carboxylic acids is 1. The second kappa shape index (κ2) is 8.43. The van der Waals surface area contributed by atoms with Gasteiger partial charge in [-0.3, -0.25) is 4.79 Å². The fraction of sp³-hybridized carbons (Fsp3) is 0.400. The van der Waals surface area contributed by atoms with Crippen LogP contribution in [0.15, 0.2) is 30.4 Å². The first-order chi connectivity index (χ1) is 9.49. The van der Waals surface area contributed by atoms with E-state index in [0.29, 0.717) is 31.7 Å². The maximum absolute atomic E-state index is 13.0. The predicted octanol–water partition coefficient (Wildman–Crippen LogP) is 2.61. The summed E-state index contributed by atoms with van der Waals surface area (Å²) in [5.74, 6) is -1.92. The zero-order valence-electron chi connectivity index (χ0n) is 11.5. The first-order valence-corrected chi connectivity index (χ1v) is 6.42. The maximum atomic E-state index is 13.0. The molecule has 0 fully saturated rings. The highest BCUT2D eigenvalue weighted by Crippen LogP contribution is 2.10. The number of carbonyl (C=O) groups is 1. The van der Waals surface area contributed by atoms with Gasteiger partial charge in [0.2, 0.25) is 5.91 Å². The summed E-state index contributed by atoms with van der Waals surface area (Å²) in [6.07, 6.45) is 0.598. The van der Waals surface area contributed by atoms with Crippen molar-refractivity contribution in [2.45, 2.75) is 19.8 Å². The van der Waals surface area contributed by atoms with Gasteiger partial charge < -0.3 is 10.1 Å². The molecule has 0 unspecified atom stereocenters. The highest BCUT2D eigenvalue weighted by atomic mass is 19.2. The summed E-state index contributed by atoms with van der Waals surface area (Å²) in [5, 5.41) is 2.69. The van der Waals surface area contributed by atoms with Crippen LogP contribution in [0.2, 0.25) is 0 Å². The summed E-state index contributed by atoms with van der Waals surface area (Å²) in [5.41, 5.74) is 1.52. The average Bonchev–Trinajstić information content (AvgIpc) is 2.39. The number of hydrogen-bond acceptors (Lipinski definition) is 2. The molecule has 0 spiro atoms. The van der Waals surface area contributed by atoms with Crippen molar-refractivity contribution >= 4 is 5.91 Å². The lowest BCUT2D eigenvalue weighted by Crippen LogP contribution is -2.27. The Bertz CT molecular complexity index is 475. The van der Waals surface area contributed by atoms with Gasteiger partial charge in [0.05, 0.1) is 13.2 Å². The van der Waals surface area contributed by atoms with Gasteiger partial charge in [-0.15, -0.1) is 0 Å². The highest BCUT2D eigenvalue weighted by Gasteiger charge is 2.05.